The van der Waals surface area contributed by atoms with E-state index in [1.165, 1.54) is 0 Å². The van der Waals surface area contributed by atoms with Crippen molar-refractivity contribution >= 4 is 44.4 Å². The Kier molecular flexibility index (Phi) is 10.3. The maximum Gasteiger partial charge on any atom is 0.319 e. The molecule has 1 heterocycles. The molecule has 2 rings (SSSR count). The Morgan fingerprint density at radius 3 is 2.47 bits per heavy atom. The molecule has 1 aromatic heterocycles. The van der Waals surface area contributed by atoms with Crippen LogP contribution in [0.2, 0.25) is 0 Å². The minimum absolute atomic E-state index is 0.0905. The number of urea groups is 1. The van der Waals surface area contributed by atoms with Crippen LogP contribution in [0.4, 0.5) is 18.6 Å². The number of rotatable bonds is 12. The Balaban J connectivity index is 1.90. The molecule has 176 valence electrons. The van der Waals surface area contributed by atoms with Crippen molar-refractivity contribution in [1.82, 2.24) is 14.6 Å². The van der Waals surface area contributed by atoms with Gasteiger partial charge in [0.15, 0.2) is 0 Å². The number of hydrogen-bond acceptors (Lipinski definition) is 6. The summed E-state index contributed by atoms with van der Waals surface area (Å²) in [6.45, 7) is 0.999. The molecule has 0 aliphatic carbocycles. The zero-order valence-corrected chi connectivity index (χ0v) is 20.2. The third-order valence-corrected chi connectivity index (χ3v) is 5.61. The van der Waals surface area contributed by atoms with E-state index >= 15 is 0 Å². The van der Waals surface area contributed by atoms with Gasteiger partial charge in [0, 0.05) is 11.0 Å². The van der Waals surface area contributed by atoms with Crippen LogP contribution in [0.15, 0.2) is 16.6 Å². The number of benzene rings is 1. The fourth-order valence-corrected chi connectivity index (χ4v) is 3.92. The highest BCUT2D eigenvalue weighted by atomic mass is 79.9. The standard InChI is InChI=1S/C20H26BrF2N5O3S/c1-28(2)8-6-4-3-5-7-25-20(30)26-19-16(17(24)29)18(27-32-19)31-11-13-14(22)9-12(21)10-15(13)23/h9-10H,3-8,11H2,1-2H3,(H2,24,29)(H2,25,26,30). The predicted molar refractivity (Wildman–Crippen MR) is 123 cm³/mol. The lowest BCUT2D eigenvalue weighted by molar-refractivity contribution is 0.0996. The fraction of sp³-hybridized carbons (Fsp3) is 0.450. The second-order valence-corrected chi connectivity index (χ2v) is 8.98. The van der Waals surface area contributed by atoms with E-state index in [0.29, 0.717) is 6.54 Å². The monoisotopic (exact) mass is 533 g/mol. The highest BCUT2D eigenvalue weighted by Gasteiger charge is 2.23. The van der Waals surface area contributed by atoms with Crippen molar-refractivity contribution < 1.29 is 23.1 Å². The Bertz CT molecular complexity index is 919. The second-order valence-electron chi connectivity index (χ2n) is 7.29. The molecule has 1 aromatic carbocycles. The summed E-state index contributed by atoms with van der Waals surface area (Å²) in [5.74, 6) is -2.72. The van der Waals surface area contributed by atoms with E-state index < -0.39 is 30.2 Å². The van der Waals surface area contributed by atoms with Gasteiger partial charge in [0.25, 0.3) is 5.91 Å². The summed E-state index contributed by atoms with van der Waals surface area (Å²) in [7, 11) is 4.05. The lowest BCUT2D eigenvalue weighted by Crippen LogP contribution is -2.30. The normalized spacial score (nSPS) is 10.9. The number of nitrogens with one attached hydrogen (secondary N) is 2. The lowest BCUT2D eigenvalue weighted by Gasteiger charge is -2.10. The van der Waals surface area contributed by atoms with Crippen molar-refractivity contribution in [3.63, 3.8) is 0 Å². The van der Waals surface area contributed by atoms with Crippen molar-refractivity contribution in [2.75, 3.05) is 32.5 Å². The van der Waals surface area contributed by atoms with E-state index in [4.69, 9.17) is 10.5 Å². The molecule has 2 aromatic rings. The Labute approximate surface area is 197 Å². The van der Waals surface area contributed by atoms with Crippen LogP contribution < -0.4 is 21.1 Å². The lowest BCUT2D eigenvalue weighted by atomic mass is 10.2. The molecule has 0 fully saturated rings. The van der Waals surface area contributed by atoms with Gasteiger partial charge in [-0.25, -0.2) is 13.6 Å². The molecule has 0 aliphatic rings. The van der Waals surface area contributed by atoms with E-state index in [1.807, 2.05) is 14.1 Å². The van der Waals surface area contributed by atoms with Crippen molar-refractivity contribution in [3.8, 4) is 5.88 Å². The number of nitrogens with zero attached hydrogens (tertiary/aromatic N) is 2. The quantitative estimate of drug-likeness (QED) is 0.355. The summed E-state index contributed by atoms with van der Waals surface area (Å²) in [5.41, 5.74) is 4.91. The number of amides is 3. The van der Waals surface area contributed by atoms with Crippen molar-refractivity contribution in [3.05, 3.63) is 39.4 Å². The van der Waals surface area contributed by atoms with Crippen LogP contribution >= 0.6 is 27.5 Å². The summed E-state index contributed by atoms with van der Waals surface area (Å²) >= 11 is 3.78. The Morgan fingerprint density at radius 2 is 1.84 bits per heavy atom. The number of aromatic nitrogens is 1. The molecule has 0 aliphatic heterocycles. The topological polar surface area (TPSA) is 110 Å². The number of nitrogens with two attached hydrogens (primary N) is 1. The van der Waals surface area contributed by atoms with E-state index in [1.54, 1.807) is 0 Å². The van der Waals surface area contributed by atoms with Crippen LogP contribution in [0.5, 0.6) is 5.88 Å². The van der Waals surface area contributed by atoms with Crippen molar-refractivity contribution in [2.24, 2.45) is 5.73 Å². The number of anilines is 1. The summed E-state index contributed by atoms with van der Waals surface area (Å²) in [6, 6.07) is 1.68. The van der Waals surface area contributed by atoms with E-state index in [-0.39, 0.29) is 26.5 Å². The number of ether oxygens (including phenoxy) is 1. The van der Waals surface area contributed by atoms with Gasteiger partial charge in [0.1, 0.15) is 28.8 Å². The number of hydrogen-bond donors (Lipinski definition) is 3. The van der Waals surface area contributed by atoms with Crippen LogP contribution in [0, 0.1) is 11.6 Å². The number of carbonyl (C=O) groups excluding carboxylic acids is 2. The molecule has 0 bridgehead atoms. The van der Waals surface area contributed by atoms with E-state index in [0.717, 1.165) is 55.9 Å². The van der Waals surface area contributed by atoms with Crippen molar-refractivity contribution in [1.29, 1.82) is 0 Å². The smallest absolute Gasteiger partial charge is 0.319 e. The van der Waals surface area contributed by atoms with Crippen LogP contribution in [0.1, 0.15) is 41.6 Å². The third-order valence-electron chi connectivity index (χ3n) is 4.41. The Morgan fingerprint density at radius 1 is 1.19 bits per heavy atom. The average Bonchev–Trinajstić information content (AvgIpc) is 3.08. The third kappa shape index (κ3) is 7.99. The van der Waals surface area contributed by atoms with Gasteiger partial charge in [-0.15, -0.1) is 0 Å². The number of halogens is 3. The molecule has 0 spiro atoms. The molecule has 0 unspecified atom stereocenters. The SMILES string of the molecule is CN(C)CCCCCCNC(=O)Nc1snc(OCc2c(F)cc(Br)cc2F)c1C(N)=O. The molecule has 4 N–H and O–H groups in total. The molecule has 0 atom stereocenters. The summed E-state index contributed by atoms with van der Waals surface area (Å²) in [6.07, 6.45) is 3.98. The molecule has 8 nitrogen and oxygen atoms in total. The molecule has 0 saturated carbocycles. The first-order valence-corrected chi connectivity index (χ1v) is 11.5. The maximum absolute atomic E-state index is 14.0. The summed E-state index contributed by atoms with van der Waals surface area (Å²) in [4.78, 5) is 26.1. The average molecular weight is 534 g/mol. The zero-order chi connectivity index (χ0) is 23.7. The fourth-order valence-electron chi connectivity index (χ4n) is 2.78. The molecule has 0 saturated heterocycles. The number of primary amides is 1. The van der Waals surface area contributed by atoms with Gasteiger partial charge in [0.2, 0.25) is 5.88 Å². The predicted octanol–water partition coefficient (Wildman–Crippen LogP) is 4.11. The molecule has 0 radical (unpaired) electrons. The van der Waals surface area contributed by atoms with E-state index in [9.17, 15) is 18.4 Å². The van der Waals surface area contributed by atoms with Gasteiger partial charge < -0.3 is 20.7 Å². The first-order chi connectivity index (χ1) is 15.2. The largest absolute Gasteiger partial charge is 0.471 e. The first-order valence-electron chi connectivity index (χ1n) is 9.94. The zero-order valence-electron chi connectivity index (χ0n) is 17.8. The van der Waals surface area contributed by atoms with Crippen molar-refractivity contribution in [2.45, 2.75) is 32.3 Å². The second kappa shape index (κ2) is 12.7. The summed E-state index contributed by atoms with van der Waals surface area (Å²) in [5, 5.41) is 5.32. The van der Waals surface area contributed by atoms with Gasteiger partial charge in [-0.2, -0.15) is 4.37 Å². The number of carbonyl (C=O) groups is 2. The first kappa shape index (κ1) is 25.9. The van der Waals surface area contributed by atoms with Gasteiger partial charge in [-0.1, -0.05) is 28.8 Å². The molecule has 12 heteroatoms. The van der Waals surface area contributed by atoms with Crippen LogP contribution in [0.3, 0.4) is 0 Å². The highest BCUT2D eigenvalue weighted by Crippen LogP contribution is 2.31. The van der Waals surface area contributed by atoms with E-state index in [2.05, 4.69) is 35.8 Å². The van der Waals surface area contributed by atoms with Gasteiger partial charge in [-0.3, -0.25) is 10.1 Å². The van der Waals surface area contributed by atoms with Crippen LogP contribution in [0.25, 0.3) is 0 Å². The van der Waals surface area contributed by atoms with Gasteiger partial charge in [-0.05, 0) is 57.1 Å². The number of unbranched alkanes of at least 4 members (excludes halogenated alkanes) is 3. The van der Waals surface area contributed by atoms with Gasteiger partial charge >= 0.3 is 6.03 Å². The van der Waals surface area contributed by atoms with Gasteiger partial charge in [0.05, 0.1) is 5.56 Å². The highest BCUT2D eigenvalue weighted by molar-refractivity contribution is 9.10. The maximum atomic E-state index is 14.0. The molecular weight excluding hydrogens is 508 g/mol. The minimum Gasteiger partial charge on any atom is -0.471 e. The van der Waals surface area contributed by atoms with Crippen LogP contribution in [-0.2, 0) is 6.61 Å². The van der Waals surface area contributed by atoms with Crippen LogP contribution in [-0.4, -0.2) is 48.4 Å². The molecule has 3 amide bonds. The molecule has 32 heavy (non-hydrogen) atoms. The Hall–Kier alpha value is -2.31. The summed E-state index contributed by atoms with van der Waals surface area (Å²) < 4.78 is 37.5. The molecular formula is C20H26BrF2N5O3S. The minimum atomic E-state index is -0.887.